The fourth-order valence-corrected chi connectivity index (χ4v) is 1.43. The molecule has 2 heteroatoms. The minimum absolute atomic E-state index is 0.0125. The number of allylic oxidation sites excluding steroid dienone is 3. The van der Waals surface area contributed by atoms with Crippen LogP contribution in [0.4, 0.5) is 0 Å². The highest BCUT2D eigenvalue weighted by atomic mass is 16.3. The van der Waals surface area contributed by atoms with E-state index < -0.39 is 0 Å². The molecule has 12 heavy (non-hydrogen) atoms. The lowest BCUT2D eigenvalue weighted by atomic mass is 10.1. The average Bonchev–Trinajstić information content (AvgIpc) is 2.33. The molecule has 0 heterocycles. The van der Waals surface area contributed by atoms with Crippen molar-refractivity contribution >= 4 is 5.78 Å². The van der Waals surface area contributed by atoms with Crippen LogP contribution in [0.5, 0.6) is 0 Å². The Kier molecular flexibility index (Phi) is 2.82. The summed E-state index contributed by atoms with van der Waals surface area (Å²) in [5.41, 5.74) is 2.45. The first-order chi connectivity index (χ1) is 5.70. The van der Waals surface area contributed by atoms with Gasteiger partial charge in [-0.3, -0.25) is 4.79 Å². The lowest BCUT2D eigenvalue weighted by molar-refractivity contribution is -0.111. The van der Waals surface area contributed by atoms with Crippen molar-refractivity contribution in [3.8, 4) is 0 Å². The summed E-state index contributed by atoms with van der Waals surface area (Å²) >= 11 is 0. The molecule has 2 nitrogen and oxygen atoms in total. The zero-order chi connectivity index (χ0) is 9.14. The van der Waals surface area contributed by atoms with E-state index >= 15 is 0 Å². The van der Waals surface area contributed by atoms with Gasteiger partial charge < -0.3 is 5.11 Å². The third-order valence-electron chi connectivity index (χ3n) is 2.21. The summed E-state index contributed by atoms with van der Waals surface area (Å²) in [6.07, 6.45) is 3.47. The number of carbonyl (C=O) groups is 1. The molecule has 0 unspecified atom stereocenters. The number of carbonyl (C=O) groups excluding carboxylic acids is 1. The van der Waals surface area contributed by atoms with Gasteiger partial charge in [-0.15, -0.1) is 0 Å². The van der Waals surface area contributed by atoms with Crippen molar-refractivity contribution in [2.45, 2.75) is 26.7 Å². The SMILES string of the molecule is CC/C=C1/CC(CO)=C(C)C1=O. The molecule has 1 N–H and O–H groups in total. The van der Waals surface area contributed by atoms with Crippen LogP contribution >= 0.6 is 0 Å². The van der Waals surface area contributed by atoms with E-state index in [-0.39, 0.29) is 12.4 Å². The molecule has 0 aliphatic heterocycles. The van der Waals surface area contributed by atoms with E-state index in [4.69, 9.17) is 5.11 Å². The highest BCUT2D eigenvalue weighted by Gasteiger charge is 2.23. The van der Waals surface area contributed by atoms with Crippen molar-refractivity contribution in [3.05, 3.63) is 22.8 Å². The number of ketones is 1. The Morgan fingerprint density at radius 3 is 2.67 bits per heavy atom. The number of hydrogen-bond acceptors (Lipinski definition) is 2. The molecule has 0 fully saturated rings. The van der Waals surface area contributed by atoms with Gasteiger partial charge in [0.1, 0.15) is 0 Å². The van der Waals surface area contributed by atoms with E-state index in [9.17, 15) is 4.79 Å². The molecule has 0 atom stereocenters. The minimum Gasteiger partial charge on any atom is -0.392 e. The quantitative estimate of drug-likeness (QED) is 0.633. The van der Waals surface area contributed by atoms with Crippen molar-refractivity contribution in [2.24, 2.45) is 0 Å². The largest absolute Gasteiger partial charge is 0.392 e. The summed E-state index contributed by atoms with van der Waals surface area (Å²) in [6.45, 7) is 3.80. The molecule has 1 aliphatic rings. The zero-order valence-electron chi connectivity index (χ0n) is 7.55. The number of Topliss-reactive ketones (excluding diaryl/α,β-unsaturated/α-hetero) is 1. The van der Waals surface area contributed by atoms with Gasteiger partial charge in [0.25, 0.3) is 0 Å². The summed E-state index contributed by atoms with van der Waals surface area (Å²) in [4.78, 5) is 11.4. The highest BCUT2D eigenvalue weighted by molar-refractivity contribution is 6.11. The van der Waals surface area contributed by atoms with Crippen molar-refractivity contribution in [1.82, 2.24) is 0 Å². The summed E-state index contributed by atoms with van der Waals surface area (Å²) in [5, 5.41) is 8.90. The van der Waals surface area contributed by atoms with Gasteiger partial charge in [0, 0.05) is 0 Å². The molecule has 66 valence electrons. The first-order valence-electron chi connectivity index (χ1n) is 4.24. The van der Waals surface area contributed by atoms with E-state index in [0.717, 1.165) is 23.1 Å². The summed E-state index contributed by atoms with van der Waals surface area (Å²) < 4.78 is 0. The normalized spacial score (nSPS) is 21.2. The van der Waals surface area contributed by atoms with Gasteiger partial charge >= 0.3 is 0 Å². The molecule has 0 aromatic heterocycles. The Labute approximate surface area is 72.6 Å². The van der Waals surface area contributed by atoms with Gasteiger partial charge in [0.05, 0.1) is 6.61 Å². The molecular formula is C10H14O2. The second kappa shape index (κ2) is 3.68. The van der Waals surface area contributed by atoms with Crippen LogP contribution in [0.25, 0.3) is 0 Å². The van der Waals surface area contributed by atoms with Gasteiger partial charge in [-0.25, -0.2) is 0 Å². The van der Waals surface area contributed by atoms with Crippen LogP contribution < -0.4 is 0 Å². The molecule has 1 rings (SSSR count). The van der Waals surface area contributed by atoms with Crippen LogP contribution in [-0.4, -0.2) is 17.5 Å². The van der Waals surface area contributed by atoms with Gasteiger partial charge in [0.15, 0.2) is 5.78 Å². The van der Waals surface area contributed by atoms with Crippen molar-refractivity contribution in [3.63, 3.8) is 0 Å². The fourth-order valence-electron chi connectivity index (χ4n) is 1.43. The Balaban J connectivity index is 2.87. The van der Waals surface area contributed by atoms with Crippen molar-refractivity contribution in [2.75, 3.05) is 6.61 Å². The van der Waals surface area contributed by atoms with E-state index in [0.29, 0.717) is 6.42 Å². The highest BCUT2D eigenvalue weighted by Crippen LogP contribution is 2.27. The smallest absolute Gasteiger partial charge is 0.184 e. The Hall–Kier alpha value is -0.890. The molecule has 0 bridgehead atoms. The molecule has 0 saturated carbocycles. The summed E-state index contributed by atoms with van der Waals surface area (Å²) in [7, 11) is 0. The number of aliphatic hydroxyl groups is 1. The molecule has 0 spiro atoms. The molecule has 0 saturated heterocycles. The van der Waals surface area contributed by atoms with E-state index in [1.807, 2.05) is 13.0 Å². The maximum Gasteiger partial charge on any atom is 0.184 e. The third kappa shape index (κ3) is 1.48. The Morgan fingerprint density at radius 1 is 1.58 bits per heavy atom. The molecule has 0 aromatic rings. The van der Waals surface area contributed by atoms with Crippen LogP contribution in [0.15, 0.2) is 22.8 Å². The standard InChI is InChI=1S/C10H14O2/c1-3-4-8-5-9(6-11)7(2)10(8)12/h4,11H,3,5-6H2,1-2H3/b8-4-. The molecule has 0 aromatic carbocycles. The molecule has 0 amide bonds. The van der Waals surface area contributed by atoms with Crippen LogP contribution in [0.3, 0.4) is 0 Å². The third-order valence-corrected chi connectivity index (χ3v) is 2.21. The number of rotatable bonds is 2. The van der Waals surface area contributed by atoms with E-state index in [1.54, 1.807) is 6.92 Å². The average molecular weight is 166 g/mol. The second-order valence-electron chi connectivity index (χ2n) is 3.03. The lowest BCUT2D eigenvalue weighted by Gasteiger charge is -1.93. The first kappa shape index (κ1) is 9.20. The van der Waals surface area contributed by atoms with Crippen LogP contribution in [0.1, 0.15) is 26.7 Å². The van der Waals surface area contributed by atoms with Gasteiger partial charge in [-0.1, -0.05) is 13.0 Å². The van der Waals surface area contributed by atoms with Gasteiger partial charge in [-0.2, -0.15) is 0 Å². The van der Waals surface area contributed by atoms with Crippen LogP contribution in [0.2, 0.25) is 0 Å². The van der Waals surface area contributed by atoms with Crippen molar-refractivity contribution in [1.29, 1.82) is 0 Å². The maximum absolute atomic E-state index is 11.4. The second-order valence-corrected chi connectivity index (χ2v) is 3.03. The fraction of sp³-hybridized carbons (Fsp3) is 0.500. The topological polar surface area (TPSA) is 37.3 Å². The van der Waals surface area contributed by atoms with Gasteiger partial charge in [0.2, 0.25) is 0 Å². The molecular weight excluding hydrogens is 152 g/mol. The monoisotopic (exact) mass is 166 g/mol. The first-order valence-corrected chi connectivity index (χ1v) is 4.24. The van der Waals surface area contributed by atoms with E-state index in [2.05, 4.69) is 0 Å². The lowest BCUT2D eigenvalue weighted by Crippen LogP contribution is -1.95. The van der Waals surface area contributed by atoms with Crippen molar-refractivity contribution < 1.29 is 9.90 Å². The van der Waals surface area contributed by atoms with E-state index in [1.165, 1.54) is 0 Å². The van der Waals surface area contributed by atoms with Crippen LogP contribution in [0, 0.1) is 0 Å². The Bertz CT molecular complexity index is 259. The van der Waals surface area contributed by atoms with Crippen LogP contribution in [-0.2, 0) is 4.79 Å². The summed E-state index contributed by atoms with van der Waals surface area (Å²) in [6, 6.07) is 0. The maximum atomic E-state index is 11.4. The predicted molar refractivity (Wildman–Crippen MR) is 47.8 cm³/mol. The predicted octanol–water partition coefficient (Wildman–Crippen LogP) is 1.60. The number of aliphatic hydroxyl groups excluding tert-OH is 1. The minimum atomic E-state index is 0.0125. The number of hydrogen-bond donors (Lipinski definition) is 1. The molecule has 1 aliphatic carbocycles. The summed E-state index contributed by atoms with van der Waals surface area (Å²) in [5.74, 6) is 0.112. The zero-order valence-corrected chi connectivity index (χ0v) is 7.55. The Morgan fingerprint density at radius 2 is 2.25 bits per heavy atom. The molecule has 0 radical (unpaired) electrons. The van der Waals surface area contributed by atoms with Gasteiger partial charge in [-0.05, 0) is 36.5 Å².